The fourth-order valence-corrected chi connectivity index (χ4v) is 9.03. The van der Waals surface area contributed by atoms with Gasteiger partial charge in [0.05, 0.1) is 23.2 Å². The summed E-state index contributed by atoms with van der Waals surface area (Å²) in [5.41, 5.74) is 0.533. The predicted molar refractivity (Wildman–Crippen MR) is 127 cm³/mol. The first-order chi connectivity index (χ1) is 15.1. The lowest BCUT2D eigenvalue weighted by Gasteiger charge is -2.36. The van der Waals surface area contributed by atoms with E-state index in [1.165, 1.54) is 4.90 Å². The van der Waals surface area contributed by atoms with E-state index in [1.807, 2.05) is 51.1 Å². The second-order valence-electron chi connectivity index (χ2n) is 9.86. The molecule has 9 heteroatoms. The van der Waals surface area contributed by atoms with E-state index in [-0.39, 0.29) is 41.0 Å². The molecule has 0 aromatic heterocycles. The van der Waals surface area contributed by atoms with Gasteiger partial charge in [-0.3, -0.25) is 14.4 Å². The Bertz CT molecular complexity index is 908. The van der Waals surface area contributed by atoms with E-state index in [2.05, 4.69) is 26.6 Å². The van der Waals surface area contributed by atoms with Crippen molar-refractivity contribution in [3.63, 3.8) is 0 Å². The average Bonchev–Trinajstić information content (AvgIpc) is 3.30. The van der Waals surface area contributed by atoms with Crippen molar-refractivity contribution in [3.05, 3.63) is 35.9 Å². The smallest absolute Gasteiger partial charge is 0.244 e. The van der Waals surface area contributed by atoms with Gasteiger partial charge in [-0.2, -0.15) is 0 Å². The Kier molecular flexibility index (Phi) is 6.37. The standard InChI is InChI=1S/C23H30BrN3O4S/c1-22(2,3)26-20(30)18-23-11-14(24)17(32-23)15(16(23)21(31)27(18)9-10-28)19(29)25-12-13-7-5-4-6-8-13/h4-8,14-18,28H,9-12H2,1-3H3,(H,25,29)(H,26,30)/t14?,15-,16+,17-,18?,23?/m1/s1. The molecule has 32 heavy (non-hydrogen) atoms. The highest BCUT2D eigenvalue weighted by Crippen LogP contribution is 2.67. The first-order valence-electron chi connectivity index (χ1n) is 11.0. The molecule has 2 bridgehead atoms. The third-order valence-electron chi connectivity index (χ3n) is 6.49. The van der Waals surface area contributed by atoms with Crippen LogP contribution in [0.2, 0.25) is 0 Å². The molecule has 0 radical (unpaired) electrons. The molecule has 174 valence electrons. The lowest BCUT2D eigenvalue weighted by molar-refractivity contribution is -0.140. The van der Waals surface area contributed by atoms with Gasteiger partial charge in [0.1, 0.15) is 6.04 Å². The van der Waals surface area contributed by atoms with Gasteiger partial charge in [0, 0.05) is 28.7 Å². The van der Waals surface area contributed by atoms with Crippen LogP contribution in [0, 0.1) is 11.8 Å². The molecule has 7 nitrogen and oxygen atoms in total. The molecule has 1 aromatic carbocycles. The van der Waals surface area contributed by atoms with Gasteiger partial charge in [-0.25, -0.2) is 0 Å². The molecule has 0 saturated carbocycles. The summed E-state index contributed by atoms with van der Waals surface area (Å²) in [5, 5.41) is 15.6. The second kappa shape index (κ2) is 8.65. The van der Waals surface area contributed by atoms with Crippen LogP contribution in [0.4, 0.5) is 0 Å². The zero-order valence-corrected chi connectivity index (χ0v) is 20.9. The molecule has 1 aromatic rings. The number of β-amino-alcohol motifs (C(OH)–C–C–N with tert-alkyl or cyclic N) is 1. The summed E-state index contributed by atoms with van der Waals surface area (Å²) in [6.07, 6.45) is 0.630. The van der Waals surface area contributed by atoms with E-state index in [1.54, 1.807) is 11.8 Å². The number of benzene rings is 1. The van der Waals surface area contributed by atoms with Gasteiger partial charge in [0.2, 0.25) is 17.7 Å². The number of hydrogen-bond donors (Lipinski definition) is 3. The zero-order chi connectivity index (χ0) is 23.3. The van der Waals surface area contributed by atoms with Crippen molar-refractivity contribution in [1.82, 2.24) is 15.5 Å². The second-order valence-corrected chi connectivity index (χ2v) is 12.6. The van der Waals surface area contributed by atoms with Crippen molar-refractivity contribution in [2.24, 2.45) is 11.8 Å². The summed E-state index contributed by atoms with van der Waals surface area (Å²) >= 11 is 5.34. The zero-order valence-electron chi connectivity index (χ0n) is 18.5. The van der Waals surface area contributed by atoms with E-state index < -0.39 is 28.2 Å². The number of aliphatic hydroxyl groups excluding tert-OH is 1. The molecule has 3 unspecified atom stereocenters. The topological polar surface area (TPSA) is 98.7 Å². The molecule has 3 fully saturated rings. The fraction of sp³-hybridized carbons (Fsp3) is 0.609. The quantitative estimate of drug-likeness (QED) is 0.492. The molecule has 4 rings (SSSR count). The molecule has 6 atom stereocenters. The van der Waals surface area contributed by atoms with Crippen molar-refractivity contribution in [1.29, 1.82) is 0 Å². The Morgan fingerprint density at radius 3 is 2.56 bits per heavy atom. The van der Waals surface area contributed by atoms with Crippen molar-refractivity contribution in [2.45, 2.75) is 60.1 Å². The number of nitrogens with one attached hydrogen (secondary N) is 2. The van der Waals surface area contributed by atoms with E-state index in [4.69, 9.17) is 0 Å². The summed E-state index contributed by atoms with van der Waals surface area (Å²) in [7, 11) is 0. The van der Waals surface area contributed by atoms with E-state index >= 15 is 0 Å². The van der Waals surface area contributed by atoms with Gasteiger partial charge in [-0.1, -0.05) is 46.3 Å². The van der Waals surface area contributed by atoms with Gasteiger partial charge in [0.15, 0.2) is 0 Å². The van der Waals surface area contributed by atoms with Crippen LogP contribution in [-0.2, 0) is 20.9 Å². The summed E-state index contributed by atoms with van der Waals surface area (Å²) in [6.45, 7) is 5.95. The molecule has 3 heterocycles. The highest BCUT2D eigenvalue weighted by atomic mass is 79.9. The number of aliphatic hydroxyl groups is 1. The number of fused-ring (bicyclic) bond motifs is 1. The summed E-state index contributed by atoms with van der Waals surface area (Å²) in [5.74, 6) is -1.69. The number of halogens is 1. The van der Waals surface area contributed by atoms with Gasteiger partial charge in [-0.05, 0) is 32.8 Å². The minimum absolute atomic E-state index is 0.0306. The Labute approximate surface area is 201 Å². The third kappa shape index (κ3) is 3.96. The van der Waals surface area contributed by atoms with Crippen molar-refractivity contribution < 1.29 is 19.5 Å². The maximum atomic E-state index is 13.6. The number of alkyl halides is 1. The molecule has 1 spiro atoms. The number of likely N-dealkylation sites (tertiary alicyclic amines) is 1. The lowest BCUT2D eigenvalue weighted by atomic mass is 9.70. The Morgan fingerprint density at radius 2 is 1.94 bits per heavy atom. The predicted octanol–water partition coefficient (Wildman–Crippen LogP) is 1.67. The number of carbonyl (C=O) groups is 3. The molecule has 3 aliphatic heterocycles. The highest BCUT2D eigenvalue weighted by Gasteiger charge is 2.75. The van der Waals surface area contributed by atoms with Crippen LogP contribution in [0.15, 0.2) is 30.3 Å². The van der Waals surface area contributed by atoms with Crippen molar-refractivity contribution in [2.75, 3.05) is 13.2 Å². The molecule has 3 saturated heterocycles. The summed E-state index contributed by atoms with van der Waals surface area (Å²) in [6, 6.07) is 8.94. The minimum Gasteiger partial charge on any atom is -0.395 e. The van der Waals surface area contributed by atoms with E-state index in [9.17, 15) is 19.5 Å². The van der Waals surface area contributed by atoms with Gasteiger partial charge in [-0.15, -0.1) is 11.8 Å². The largest absolute Gasteiger partial charge is 0.395 e. The number of thioether (sulfide) groups is 1. The third-order valence-corrected chi connectivity index (χ3v) is 9.71. The van der Waals surface area contributed by atoms with Crippen LogP contribution in [0.3, 0.4) is 0 Å². The molecule has 0 aliphatic carbocycles. The van der Waals surface area contributed by atoms with Crippen LogP contribution < -0.4 is 10.6 Å². The van der Waals surface area contributed by atoms with Gasteiger partial charge >= 0.3 is 0 Å². The normalized spacial score (nSPS) is 33.3. The molecular weight excluding hydrogens is 494 g/mol. The number of rotatable bonds is 6. The SMILES string of the molecule is CC(C)(C)NC(=O)C1N(CCO)C(=O)[C@@H]2[C@@H](C(=O)NCc3ccccc3)[C@@H]3SC12CC3Br. The van der Waals surface area contributed by atoms with Crippen LogP contribution >= 0.6 is 27.7 Å². The average molecular weight is 524 g/mol. The first-order valence-corrected chi connectivity index (χ1v) is 12.8. The number of nitrogens with zero attached hydrogens (tertiary/aromatic N) is 1. The maximum Gasteiger partial charge on any atom is 0.244 e. The van der Waals surface area contributed by atoms with Gasteiger partial charge < -0.3 is 20.6 Å². The lowest BCUT2D eigenvalue weighted by Crippen LogP contribution is -2.57. The van der Waals surface area contributed by atoms with E-state index in [0.29, 0.717) is 13.0 Å². The van der Waals surface area contributed by atoms with Crippen molar-refractivity contribution in [3.8, 4) is 0 Å². The monoisotopic (exact) mass is 523 g/mol. The van der Waals surface area contributed by atoms with Crippen molar-refractivity contribution >= 4 is 45.4 Å². The number of carbonyl (C=O) groups excluding carboxylic acids is 3. The van der Waals surface area contributed by atoms with Crippen LogP contribution in [-0.4, -0.2) is 67.3 Å². The van der Waals surface area contributed by atoms with Crippen LogP contribution in [0.5, 0.6) is 0 Å². The molecule has 3 N–H and O–H groups in total. The van der Waals surface area contributed by atoms with Crippen LogP contribution in [0.1, 0.15) is 32.8 Å². The Morgan fingerprint density at radius 1 is 1.25 bits per heavy atom. The first kappa shape index (κ1) is 23.6. The molecular formula is C23H30BrN3O4S. The number of hydrogen-bond acceptors (Lipinski definition) is 5. The minimum atomic E-state index is -0.714. The summed E-state index contributed by atoms with van der Waals surface area (Å²) in [4.78, 5) is 41.8. The maximum absolute atomic E-state index is 13.6. The van der Waals surface area contributed by atoms with Gasteiger partial charge in [0.25, 0.3) is 0 Å². The Balaban J connectivity index is 1.63. The number of amides is 3. The fourth-order valence-electron chi connectivity index (χ4n) is 5.42. The Hall–Kier alpha value is -1.58. The van der Waals surface area contributed by atoms with E-state index in [0.717, 1.165) is 5.56 Å². The molecule has 3 amide bonds. The molecule has 3 aliphatic rings. The summed E-state index contributed by atoms with van der Waals surface area (Å²) < 4.78 is -0.685. The highest BCUT2D eigenvalue weighted by molar-refractivity contribution is 9.09. The van der Waals surface area contributed by atoms with Crippen LogP contribution in [0.25, 0.3) is 0 Å².